The maximum atomic E-state index is 12.9. The summed E-state index contributed by atoms with van der Waals surface area (Å²) in [6.07, 6.45) is 1.77. The van der Waals surface area contributed by atoms with Crippen molar-refractivity contribution in [3.05, 3.63) is 94.9 Å². The number of ketones is 1. The van der Waals surface area contributed by atoms with Crippen molar-refractivity contribution < 1.29 is 14.0 Å². The van der Waals surface area contributed by atoms with Gasteiger partial charge in [0.15, 0.2) is 5.78 Å². The number of hydrogen-bond acceptors (Lipinski definition) is 4. The first-order valence-electron chi connectivity index (χ1n) is 9.09. The molecule has 0 saturated heterocycles. The van der Waals surface area contributed by atoms with Gasteiger partial charge in [-0.25, -0.2) is 14.2 Å². The maximum Gasteiger partial charge on any atom is 0.315 e. The number of carbonyl (C=O) groups is 2. The van der Waals surface area contributed by atoms with Crippen molar-refractivity contribution in [2.24, 2.45) is 0 Å². The normalized spacial score (nSPS) is 10.4. The molecule has 3 rings (SSSR count). The van der Waals surface area contributed by atoms with Crippen LogP contribution in [0.15, 0.2) is 66.9 Å². The fourth-order valence-electron chi connectivity index (χ4n) is 2.71. The number of amides is 2. The molecule has 1 aromatic heterocycles. The van der Waals surface area contributed by atoms with Crippen molar-refractivity contribution in [2.75, 3.05) is 5.73 Å². The topological polar surface area (TPSA) is 97.1 Å². The van der Waals surface area contributed by atoms with Crippen LogP contribution in [0.25, 0.3) is 0 Å². The Balaban J connectivity index is 1.47. The number of rotatable bonds is 7. The van der Waals surface area contributed by atoms with Gasteiger partial charge in [-0.3, -0.25) is 4.79 Å². The Morgan fingerprint density at radius 3 is 2.07 bits per heavy atom. The molecular formula is C22H21FN4O2. The van der Waals surface area contributed by atoms with Gasteiger partial charge >= 0.3 is 6.03 Å². The molecule has 0 fully saturated rings. The van der Waals surface area contributed by atoms with Gasteiger partial charge in [0.1, 0.15) is 11.6 Å². The number of nitrogens with one attached hydrogen (secondary N) is 2. The van der Waals surface area contributed by atoms with Gasteiger partial charge in [0.2, 0.25) is 0 Å². The van der Waals surface area contributed by atoms with E-state index in [1.807, 2.05) is 0 Å². The molecule has 4 N–H and O–H groups in total. The molecule has 0 unspecified atom stereocenters. The molecule has 1 heterocycles. The number of halogens is 1. The van der Waals surface area contributed by atoms with E-state index >= 15 is 0 Å². The van der Waals surface area contributed by atoms with E-state index in [1.165, 1.54) is 12.1 Å². The molecule has 2 amide bonds. The summed E-state index contributed by atoms with van der Waals surface area (Å²) in [5, 5.41) is 5.45. The van der Waals surface area contributed by atoms with Crippen molar-refractivity contribution in [3.8, 4) is 0 Å². The van der Waals surface area contributed by atoms with Crippen LogP contribution in [0.2, 0.25) is 0 Å². The van der Waals surface area contributed by atoms with Gasteiger partial charge in [0.25, 0.3) is 0 Å². The Labute approximate surface area is 168 Å². The predicted octanol–water partition coefficient (Wildman–Crippen LogP) is 3.23. The van der Waals surface area contributed by atoms with E-state index in [0.29, 0.717) is 30.0 Å². The van der Waals surface area contributed by atoms with E-state index in [2.05, 4.69) is 15.6 Å². The van der Waals surface area contributed by atoms with Crippen LogP contribution in [-0.4, -0.2) is 16.8 Å². The summed E-state index contributed by atoms with van der Waals surface area (Å²) >= 11 is 0. The number of benzene rings is 2. The van der Waals surface area contributed by atoms with Gasteiger partial charge in [0, 0.05) is 36.8 Å². The second kappa shape index (κ2) is 9.45. The van der Waals surface area contributed by atoms with E-state index in [0.717, 1.165) is 11.1 Å². The summed E-state index contributed by atoms with van der Waals surface area (Å²) in [6, 6.07) is 16.2. The third-order valence-electron chi connectivity index (χ3n) is 4.37. The minimum absolute atomic E-state index is 0.0544. The van der Waals surface area contributed by atoms with E-state index < -0.39 is 0 Å². The first kappa shape index (κ1) is 20.0. The van der Waals surface area contributed by atoms with Gasteiger partial charge in [-0.1, -0.05) is 42.5 Å². The van der Waals surface area contributed by atoms with Gasteiger partial charge in [-0.15, -0.1) is 0 Å². The SMILES string of the molecule is Nc1ncccc1CC(=O)c1ccc(CNC(=O)NCc2ccc(F)cc2)cc1. The second-order valence-electron chi connectivity index (χ2n) is 6.51. The standard InChI is InChI=1S/C22H21FN4O2/c23-19-9-5-16(6-10-19)14-27-22(29)26-13-15-3-7-17(8-4-15)20(28)12-18-2-1-11-25-21(18)24/h1-11H,12-14H2,(H2,24,25)(H2,26,27,29). The summed E-state index contributed by atoms with van der Waals surface area (Å²) in [5.41, 5.74) is 8.71. The molecule has 0 aliphatic carbocycles. The van der Waals surface area contributed by atoms with Gasteiger partial charge < -0.3 is 16.4 Å². The molecule has 0 atom stereocenters. The monoisotopic (exact) mass is 392 g/mol. The first-order valence-corrected chi connectivity index (χ1v) is 9.09. The Bertz CT molecular complexity index is 988. The van der Waals surface area contributed by atoms with Crippen LogP contribution >= 0.6 is 0 Å². The summed E-state index contributed by atoms with van der Waals surface area (Å²) in [6.45, 7) is 0.621. The van der Waals surface area contributed by atoms with Crippen LogP contribution in [0, 0.1) is 5.82 Å². The molecule has 148 valence electrons. The van der Waals surface area contributed by atoms with Crippen LogP contribution in [0.3, 0.4) is 0 Å². The first-order chi connectivity index (χ1) is 14.0. The number of nitrogen functional groups attached to an aromatic ring is 1. The Morgan fingerprint density at radius 1 is 0.897 bits per heavy atom. The Morgan fingerprint density at radius 2 is 1.48 bits per heavy atom. The van der Waals surface area contributed by atoms with Gasteiger partial charge in [-0.05, 0) is 29.3 Å². The Kier molecular flexibility index (Phi) is 6.52. The number of nitrogens with zero attached hydrogens (tertiary/aromatic N) is 1. The van der Waals surface area contributed by atoms with Gasteiger partial charge in [-0.2, -0.15) is 0 Å². The van der Waals surface area contributed by atoms with Crippen LogP contribution in [-0.2, 0) is 19.5 Å². The fraction of sp³-hybridized carbons (Fsp3) is 0.136. The zero-order valence-corrected chi connectivity index (χ0v) is 15.7. The summed E-state index contributed by atoms with van der Waals surface area (Å²) in [7, 11) is 0. The van der Waals surface area contributed by atoms with Gasteiger partial charge in [0.05, 0.1) is 0 Å². The molecular weight excluding hydrogens is 371 g/mol. The third-order valence-corrected chi connectivity index (χ3v) is 4.37. The van der Waals surface area contributed by atoms with Crippen molar-refractivity contribution in [1.29, 1.82) is 0 Å². The molecule has 0 aliphatic rings. The molecule has 0 aliphatic heterocycles. The molecule has 0 saturated carbocycles. The fourth-order valence-corrected chi connectivity index (χ4v) is 2.71. The van der Waals surface area contributed by atoms with Crippen molar-refractivity contribution >= 4 is 17.6 Å². The molecule has 29 heavy (non-hydrogen) atoms. The average molecular weight is 392 g/mol. The quantitative estimate of drug-likeness (QED) is 0.538. The molecule has 6 nitrogen and oxygen atoms in total. The number of hydrogen-bond donors (Lipinski definition) is 3. The van der Waals surface area contributed by atoms with Crippen molar-refractivity contribution in [3.63, 3.8) is 0 Å². The highest BCUT2D eigenvalue weighted by atomic mass is 19.1. The Hall–Kier alpha value is -3.74. The number of aromatic nitrogens is 1. The highest BCUT2D eigenvalue weighted by molar-refractivity contribution is 5.98. The van der Waals surface area contributed by atoms with Crippen molar-refractivity contribution in [1.82, 2.24) is 15.6 Å². The van der Waals surface area contributed by atoms with Crippen LogP contribution in [0.1, 0.15) is 27.0 Å². The number of Topliss-reactive ketones (excluding diaryl/α,β-unsaturated/α-hetero) is 1. The number of carbonyl (C=O) groups excluding carboxylic acids is 2. The number of pyridine rings is 1. The average Bonchev–Trinajstić information content (AvgIpc) is 2.74. The third kappa shape index (κ3) is 5.87. The molecule has 3 aromatic rings. The second-order valence-corrected chi connectivity index (χ2v) is 6.51. The summed E-state index contributed by atoms with van der Waals surface area (Å²) < 4.78 is 12.9. The highest BCUT2D eigenvalue weighted by Gasteiger charge is 2.10. The largest absolute Gasteiger partial charge is 0.383 e. The molecule has 0 bridgehead atoms. The van der Waals surface area contributed by atoms with E-state index in [1.54, 1.807) is 54.7 Å². The predicted molar refractivity (Wildman–Crippen MR) is 109 cm³/mol. The maximum absolute atomic E-state index is 12.9. The molecule has 0 spiro atoms. The number of urea groups is 1. The van der Waals surface area contributed by atoms with E-state index in [-0.39, 0.29) is 24.1 Å². The van der Waals surface area contributed by atoms with Crippen molar-refractivity contribution in [2.45, 2.75) is 19.5 Å². The van der Waals surface area contributed by atoms with Crippen LogP contribution in [0.5, 0.6) is 0 Å². The smallest absolute Gasteiger partial charge is 0.315 e. The van der Waals surface area contributed by atoms with E-state index in [9.17, 15) is 14.0 Å². The molecule has 7 heteroatoms. The number of anilines is 1. The van der Waals surface area contributed by atoms with Crippen LogP contribution in [0.4, 0.5) is 15.0 Å². The lowest BCUT2D eigenvalue weighted by Crippen LogP contribution is -2.34. The summed E-state index contributed by atoms with van der Waals surface area (Å²) in [4.78, 5) is 28.3. The van der Waals surface area contributed by atoms with Crippen LogP contribution < -0.4 is 16.4 Å². The minimum Gasteiger partial charge on any atom is -0.383 e. The zero-order valence-electron chi connectivity index (χ0n) is 15.7. The lowest BCUT2D eigenvalue weighted by atomic mass is 10.0. The lowest BCUT2D eigenvalue weighted by Gasteiger charge is -2.09. The lowest BCUT2D eigenvalue weighted by molar-refractivity contribution is 0.0993. The van der Waals surface area contributed by atoms with E-state index in [4.69, 9.17) is 5.73 Å². The number of nitrogens with two attached hydrogens (primary N) is 1. The highest BCUT2D eigenvalue weighted by Crippen LogP contribution is 2.13. The summed E-state index contributed by atoms with van der Waals surface area (Å²) in [5.74, 6) is -0.0152. The molecule has 2 aromatic carbocycles. The minimum atomic E-state index is -0.332. The zero-order chi connectivity index (χ0) is 20.6. The molecule has 0 radical (unpaired) electrons.